The molecule has 3 nitrogen and oxygen atoms in total. The summed E-state index contributed by atoms with van der Waals surface area (Å²) in [5.74, 6) is -0.163. The van der Waals surface area contributed by atoms with Crippen LogP contribution in [-0.2, 0) is 11.3 Å². The Morgan fingerprint density at radius 3 is 2.74 bits per heavy atom. The molecule has 0 atom stereocenters. The first-order valence-corrected chi connectivity index (χ1v) is 7.01. The van der Waals surface area contributed by atoms with Gasteiger partial charge in [0.15, 0.2) is 0 Å². The molecule has 2 rings (SSSR count). The van der Waals surface area contributed by atoms with E-state index >= 15 is 0 Å². The summed E-state index contributed by atoms with van der Waals surface area (Å²) in [5.41, 5.74) is 1.95. The van der Waals surface area contributed by atoms with Gasteiger partial charge in [-0.2, -0.15) is 0 Å². The van der Waals surface area contributed by atoms with Gasteiger partial charge >= 0.3 is 0 Å². The van der Waals surface area contributed by atoms with Crippen LogP contribution in [0.4, 0.5) is 10.1 Å². The largest absolute Gasteiger partial charge is 0.381 e. The average molecular weight is 266 g/mol. The zero-order chi connectivity index (χ0) is 13.7. The zero-order valence-corrected chi connectivity index (χ0v) is 11.8. The molecule has 1 aromatic carbocycles. The van der Waals surface area contributed by atoms with Crippen molar-refractivity contribution in [3.8, 4) is 0 Å². The van der Waals surface area contributed by atoms with Crippen molar-refractivity contribution in [1.82, 2.24) is 5.32 Å². The Balaban J connectivity index is 2.11. The lowest BCUT2D eigenvalue weighted by atomic mass is 10.1. The summed E-state index contributed by atoms with van der Waals surface area (Å²) >= 11 is 0. The lowest BCUT2D eigenvalue weighted by Gasteiger charge is -2.33. The highest BCUT2D eigenvalue weighted by molar-refractivity contribution is 5.49. The zero-order valence-electron chi connectivity index (χ0n) is 11.8. The molecule has 1 N–H and O–H groups in total. The number of nitrogens with one attached hydrogen (secondary N) is 1. The van der Waals surface area contributed by atoms with Gasteiger partial charge in [0.2, 0.25) is 0 Å². The number of anilines is 1. The molecule has 1 aliphatic rings. The molecule has 0 amide bonds. The van der Waals surface area contributed by atoms with E-state index in [1.807, 2.05) is 14.0 Å². The fraction of sp³-hybridized carbons (Fsp3) is 0.600. The minimum atomic E-state index is -0.163. The van der Waals surface area contributed by atoms with Crippen molar-refractivity contribution in [2.75, 3.05) is 31.7 Å². The van der Waals surface area contributed by atoms with Gasteiger partial charge in [0.25, 0.3) is 0 Å². The topological polar surface area (TPSA) is 24.5 Å². The van der Waals surface area contributed by atoms with Crippen molar-refractivity contribution in [2.45, 2.75) is 32.4 Å². The Labute approximate surface area is 114 Å². The number of hydrogen-bond donors (Lipinski definition) is 1. The van der Waals surface area contributed by atoms with Crippen LogP contribution < -0.4 is 10.2 Å². The van der Waals surface area contributed by atoms with Gasteiger partial charge in [-0.1, -0.05) is 6.92 Å². The number of halogens is 1. The van der Waals surface area contributed by atoms with Gasteiger partial charge in [-0.3, -0.25) is 0 Å². The van der Waals surface area contributed by atoms with Crippen molar-refractivity contribution >= 4 is 5.69 Å². The molecule has 0 bridgehead atoms. The number of rotatable bonds is 5. The van der Waals surface area contributed by atoms with E-state index in [-0.39, 0.29) is 5.82 Å². The maximum Gasteiger partial charge on any atom is 0.125 e. The Morgan fingerprint density at radius 1 is 1.32 bits per heavy atom. The second-order valence-corrected chi connectivity index (χ2v) is 5.05. The van der Waals surface area contributed by atoms with Gasteiger partial charge in [-0.25, -0.2) is 4.39 Å². The average Bonchev–Trinajstić information content (AvgIpc) is 2.44. The first kappa shape index (κ1) is 14.3. The van der Waals surface area contributed by atoms with E-state index in [2.05, 4.69) is 16.3 Å². The molecule has 106 valence electrons. The SMILES string of the molecule is CCNCc1cc(F)cc(N(C)C2CCOCC2)c1. The van der Waals surface area contributed by atoms with Gasteiger partial charge in [0.05, 0.1) is 0 Å². The fourth-order valence-corrected chi connectivity index (χ4v) is 2.49. The maximum absolute atomic E-state index is 13.7. The molecule has 4 heteroatoms. The Hall–Kier alpha value is -1.13. The monoisotopic (exact) mass is 266 g/mol. The highest BCUT2D eigenvalue weighted by atomic mass is 19.1. The van der Waals surface area contributed by atoms with Crippen LogP contribution in [0.3, 0.4) is 0 Å². The van der Waals surface area contributed by atoms with Crippen molar-refractivity contribution in [1.29, 1.82) is 0 Å². The molecular weight excluding hydrogens is 243 g/mol. The number of nitrogens with zero attached hydrogens (tertiary/aromatic N) is 1. The van der Waals surface area contributed by atoms with Crippen molar-refractivity contribution < 1.29 is 9.13 Å². The summed E-state index contributed by atoms with van der Waals surface area (Å²) in [7, 11) is 2.04. The molecule has 1 heterocycles. The van der Waals surface area contributed by atoms with E-state index in [0.717, 1.165) is 43.9 Å². The lowest BCUT2D eigenvalue weighted by molar-refractivity contribution is 0.0855. The van der Waals surface area contributed by atoms with Crippen LogP contribution in [0.1, 0.15) is 25.3 Å². The van der Waals surface area contributed by atoms with Gasteiger partial charge in [-0.05, 0) is 43.1 Å². The number of hydrogen-bond acceptors (Lipinski definition) is 3. The number of benzene rings is 1. The molecule has 0 aliphatic carbocycles. The summed E-state index contributed by atoms with van der Waals surface area (Å²) < 4.78 is 19.1. The van der Waals surface area contributed by atoms with E-state index in [0.29, 0.717) is 12.6 Å². The summed E-state index contributed by atoms with van der Waals surface area (Å²) in [5, 5.41) is 3.23. The lowest BCUT2D eigenvalue weighted by Crippen LogP contribution is -2.36. The quantitative estimate of drug-likeness (QED) is 0.886. The van der Waals surface area contributed by atoms with Crippen LogP contribution in [0.5, 0.6) is 0 Å². The molecule has 1 aliphatic heterocycles. The van der Waals surface area contributed by atoms with E-state index in [1.165, 1.54) is 0 Å². The molecule has 0 aromatic heterocycles. The fourth-order valence-electron chi connectivity index (χ4n) is 2.49. The molecule has 0 spiro atoms. The number of ether oxygens (including phenoxy) is 1. The first-order chi connectivity index (χ1) is 9.20. The Morgan fingerprint density at radius 2 is 2.05 bits per heavy atom. The van der Waals surface area contributed by atoms with Crippen LogP contribution >= 0.6 is 0 Å². The highest BCUT2D eigenvalue weighted by Crippen LogP contribution is 2.23. The van der Waals surface area contributed by atoms with Crippen molar-refractivity contribution in [2.24, 2.45) is 0 Å². The van der Waals surface area contributed by atoms with Crippen molar-refractivity contribution in [3.63, 3.8) is 0 Å². The smallest absolute Gasteiger partial charge is 0.125 e. The Bertz CT molecular complexity index is 405. The van der Waals surface area contributed by atoms with E-state index in [9.17, 15) is 4.39 Å². The highest BCUT2D eigenvalue weighted by Gasteiger charge is 2.19. The summed E-state index contributed by atoms with van der Waals surface area (Å²) in [6, 6.07) is 5.73. The second kappa shape index (κ2) is 6.87. The van der Waals surface area contributed by atoms with E-state index in [4.69, 9.17) is 4.74 Å². The van der Waals surface area contributed by atoms with Crippen LogP contribution in [0.2, 0.25) is 0 Å². The summed E-state index contributed by atoms with van der Waals surface area (Å²) in [4.78, 5) is 2.18. The molecule has 19 heavy (non-hydrogen) atoms. The molecule has 0 unspecified atom stereocenters. The summed E-state index contributed by atoms with van der Waals surface area (Å²) in [6.45, 7) is 5.25. The third-order valence-electron chi connectivity index (χ3n) is 3.67. The summed E-state index contributed by atoms with van der Waals surface area (Å²) in [6.07, 6.45) is 2.02. The first-order valence-electron chi connectivity index (χ1n) is 7.01. The normalized spacial score (nSPS) is 16.6. The van der Waals surface area contributed by atoms with E-state index < -0.39 is 0 Å². The van der Waals surface area contributed by atoms with Crippen LogP contribution in [0, 0.1) is 5.82 Å². The second-order valence-electron chi connectivity index (χ2n) is 5.05. The van der Waals surface area contributed by atoms with E-state index in [1.54, 1.807) is 12.1 Å². The predicted octanol–water partition coefficient (Wildman–Crippen LogP) is 2.55. The van der Waals surface area contributed by atoms with Crippen LogP contribution in [0.15, 0.2) is 18.2 Å². The third-order valence-corrected chi connectivity index (χ3v) is 3.67. The van der Waals surface area contributed by atoms with Crippen molar-refractivity contribution in [3.05, 3.63) is 29.6 Å². The standard InChI is InChI=1S/C15H23FN2O/c1-3-17-11-12-8-13(16)10-15(9-12)18(2)14-4-6-19-7-5-14/h8-10,14,17H,3-7,11H2,1-2H3. The minimum Gasteiger partial charge on any atom is -0.381 e. The third kappa shape index (κ3) is 3.91. The molecule has 1 saturated heterocycles. The van der Waals surface area contributed by atoms with Crippen LogP contribution in [0.25, 0.3) is 0 Å². The predicted molar refractivity (Wildman–Crippen MR) is 76.0 cm³/mol. The molecule has 1 fully saturated rings. The van der Waals surface area contributed by atoms with Gasteiger partial charge < -0.3 is 15.0 Å². The Kier molecular flexibility index (Phi) is 5.16. The van der Waals surface area contributed by atoms with Gasteiger partial charge in [-0.15, -0.1) is 0 Å². The van der Waals surface area contributed by atoms with Gasteiger partial charge in [0, 0.05) is 38.5 Å². The van der Waals surface area contributed by atoms with Crippen LogP contribution in [-0.4, -0.2) is 32.8 Å². The molecular formula is C15H23FN2O. The molecule has 0 radical (unpaired) electrons. The molecule has 0 saturated carbocycles. The maximum atomic E-state index is 13.7. The minimum absolute atomic E-state index is 0.163. The molecule has 1 aromatic rings. The van der Waals surface area contributed by atoms with Gasteiger partial charge in [0.1, 0.15) is 5.82 Å².